The fourth-order valence-electron chi connectivity index (χ4n) is 3.15. The Morgan fingerprint density at radius 2 is 1.85 bits per heavy atom. The van der Waals surface area contributed by atoms with E-state index in [0.717, 1.165) is 18.4 Å². The minimum absolute atomic E-state index is 0.163. The molecule has 2 heterocycles. The van der Waals surface area contributed by atoms with Crippen LogP contribution in [-0.2, 0) is 23.6 Å². The molecule has 0 unspecified atom stereocenters. The second-order valence-corrected chi connectivity index (χ2v) is 9.44. The number of benzene rings is 1. The Labute approximate surface area is 165 Å². The first-order chi connectivity index (χ1) is 12.8. The van der Waals surface area contributed by atoms with Crippen LogP contribution in [0.5, 0.6) is 0 Å². The van der Waals surface area contributed by atoms with Gasteiger partial charge in [0.25, 0.3) is 5.91 Å². The largest absolute Gasteiger partial charge is 0.347 e. The third-order valence-corrected chi connectivity index (χ3v) is 7.08. The summed E-state index contributed by atoms with van der Waals surface area (Å²) >= 11 is 5.86. The summed E-state index contributed by atoms with van der Waals surface area (Å²) in [5, 5.41) is 3.45. The summed E-state index contributed by atoms with van der Waals surface area (Å²) in [7, 11) is -1.90. The Bertz CT molecular complexity index is 914. The van der Waals surface area contributed by atoms with Gasteiger partial charge in [0.15, 0.2) is 0 Å². The molecule has 0 atom stereocenters. The molecular formula is C19H24ClN3O3S. The number of aromatic nitrogens is 1. The van der Waals surface area contributed by atoms with Crippen LogP contribution in [-0.4, -0.2) is 36.3 Å². The Kier molecular flexibility index (Phi) is 5.93. The standard InChI is InChI=1S/C19H24ClN3O3S/c1-14-7-9-23(10-8-14)27(25,26)17-11-18(22(2)13-17)19(24)21-12-15-3-5-16(20)6-4-15/h3-6,11,13-14H,7-10,12H2,1-2H3,(H,21,24). The molecule has 6 nitrogen and oxygen atoms in total. The van der Waals surface area contributed by atoms with Crippen molar-refractivity contribution in [1.82, 2.24) is 14.2 Å². The van der Waals surface area contributed by atoms with Gasteiger partial charge in [0.2, 0.25) is 10.0 Å². The normalized spacial score (nSPS) is 16.4. The summed E-state index contributed by atoms with van der Waals surface area (Å²) in [6.45, 7) is 3.52. The maximum Gasteiger partial charge on any atom is 0.268 e. The molecule has 0 spiro atoms. The van der Waals surface area contributed by atoms with Gasteiger partial charge < -0.3 is 9.88 Å². The van der Waals surface area contributed by atoms with Crippen LogP contribution in [0, 0.1) is 5.92 Å². The van der Waals surface area contributed by atoms with E-state index >= 15 is 0 Å². The fourth-order valence-corrected chi connectivity index (χ4v) is 4.82. The molecule has 2 aromatic rings. The van der Waals surface area contributed by atoms with Crippen molar-refractivity contribution in [1.29, 1.82) is 0 Å². The zero-order valence-corrected chi connectivity index (χ0v) is 17.1. The maximum absolute atomic E-state index is 12.9. The topological polar surface area (TPSA) is 71.4 Å². The third-order valence-electron chi connectivity index (χ3n) is 4.96. The van der Waals surface area contributed by atoms with E-state index in [2.05, 4.69) is 12.2 Å². The number of rotatable bonds is 5. The molecule has 1 fully saturated rings. The minimum Gasteiger partial charge on any atom is -0.347 e. The predicted octanol–water partition coefficient (Wildman–Crippen LogP) is 3.03. The van der Waals surface area contributed by atoms with E-state index in [0.29, 0.717) is 36.3 Å². The highest BCUT2D eigenvalue weighted by molar-refractivity contribution is 7.89. The highest BCUT2D eigenvalue weighted by Crippen LogP contribution is 2.24. The zero-order valence-electron chi connectivity index (χ0n) is 15.5. The summed E-state index contributed by atoms with van der Waals surface area (Å²) in [6.07, 6.45) is 3.23. The lowest BCUT2D eigenvalue weighted by atomic mass is 10.0. The summed E-state index contributed by atoms with van der Waals surface area (Å²) in [5.41, 5.74) is 1.23. The SMILES string of the molecule is CC1CCN(S(=O)(=O)c2cc(C(=O)NCc3ccc(Cl)cc3)n(C)c2)CC1. The molecule has 1 aromatic heterocycles. The smallest absolute Gasteiger partial charge is 0.268 e. The van der Waals surface area contributed by atoms with Crippen LogP contribution in [0.15, 0.2) is 41.4 Å². The summed E-state index contributed by atoms with van der Waals surface area (Å²) in [5.74, 6) is 0.225. The van der Waals surface area contributed by atoms with Gasteiger partial charge >= 0.3 is 0 Å². The van der Waals surface area contributed by atoms with Gasteiger partial charge in [-0.3, -0.25) is 4.79 Å². The molecule has 27 heavy (non-hydrogen) atoms. The average Bonchev–Trinajstić information content (AvgIpc) is 3.04. The fraction of sp³-hybridized carbons (Fsp3) is 0.421. The summed E-state index contributed by atoms with van der Waals surface area (Å²) in [6, 6.07) is 8.64. The van der Waals surface area contributed by atoms with E-state index in [1.165, 1.54) is 16.6 Å². The average molecular weight is 410 g/mol. The van der Waals surface area contributed by atoms with Crippen molar-refractivity contribution in [2.24, 2.45) is 13.0 Å². The Morgan fingerprint density at radius 3 is 2.48 bits per heavy atom. The lowest BCUT2D eigenvalue weighted by Crippen LogP contribution is -2.37. The quantitative estimate of drug-likeness (QED) is 0.825. The number of aryl methyl sites for hydroxylation is 1. The number of carbonyl (C=O) groups is 1. The van der Waals surface area contributed by atoms with Gasteiger partial charge in [-0.15, -0.1) is 0 Å². The summed E-state index contributed by atoms with van der Waals surface area (Å²) in [4.78, 5) is 12.7. The number of nitrogens with zero attached hydrogens (tertiary/aromatic N) is 2. The van der Waals surface area contributed by atoms with Crippen LogP contribution in [0.1, 0.15) is 35.8 Å². The van der Waals surface area contributed by atoms with Crippen LogP contribution in [0.4, 0.5) is 0 Å². The monoisotopic (exact) mass is 409 g/mol. The number of halogens is 1. The number of hydrogen-bond acceptors (Lipinski definition) is 3. The first kappa shape index (κ1) is 19.9. The predicted molar refractivity (Wildman–Crippen MR) is 105 cm³/mol. The van der Waals surface area contributed by atoms with Gasteiger partial charge in [0.05, 0.1) is 0 Å². The second-order valence-electron chi connectivity index (χ2n) is 7.07. The van der Waals surface area contributed by atoms with Crippen molar-refractivity contribution in [3.63, 3.8) is 0 Å². The molecule has 1 N–H and O–H groups in total. The van der Waals surface area contributed by atoms with E-state index in [1.54, 1.807) is 23.7 Å². The Hall–Kier alpha value is -1.83. The molecule has 0 saturated carbocycles. The van der Waals surface area contributed by atoms with Gasteiger partial charge in [0, 0.05) is 37.9 Å². The van der Waals surface area contributed by atoms with E-state index in [9.17, 15) is 13.2 Å². The first-order valence-electron chi connectivity index (χ1n) is 8.96. The number of carbonyl (C=O) groups excluding carboxylic acids is 1. The number of sulfonamides is 1. The number of amides is 1. The highest BCUT2D eigenvalue weighted by atomic mass is 35.5. The van der Waals surface area contributed by atoms with Crippen molar-refractivity contribution >= 4 is 27.5 Å². The highest BCUT2D eigenvalue weighted by Gasteiger charge is 2.30. The van der Waals surface area contributed by atoms with Crippen molar-refractivity contribution in [3.8, 4) is 0 Å². The maximum atomic E-state index is 12.9. The van der Waals surface area contributed by atoms with Crippen LogP contribution < -0.4 is 5.32 Å². The lowest BCUT2D eigenvalue weighted by Gasteiger charge is -2.29. The zero-order chi connectivity index (χ0) is 19.6. The molecule has 1 amide bonds. The van der Waals surface area contributed by atoms with Gasteiger partial charge in [0.1, 0.15) is 10.6 Å². The molecule has 0 radical (unpaired) electrons. The van der Waals surface area contributed by atoms with Crippen molar-refractivity contribution in [2.75, 3.05) is 13.1 Å². The van der Waals surface area contributed by atoms with Crippen molar-refractivity contribution in [3.05, 3.63) is 52.8 Å². The van der Waals surface area contributed by atoms with Crippen LogP contribution >= 0.6 is 11.6 Å². The minimum atomic E-state index is -3.57. The van der Waals surface area contributed by atoms with Crippen LogP contribution in [0.25, 0.3) is 0 Å². The van der Waals surface area contributed by atoms with E-state index in [-0.39, 0.29) is 10.8 Å². The van der Waals surface area contributed by atoms with E-state index in [1.807, 2.05) is 12.1 Å². The van der Waals surface area contributed by atoms with Crippen LogP contribution in [0.3, 0.4) is 0 Å². The Morgan fingerprint density at radius 1 is 1.22 bits per heavy atom. The number of hydrogen-bond donors (Lipinski definition) is 1. The van der Waals surface area contributed by atoms with Crippen molar-refractivity contribution < 1.29 is 13.2 Å². The molecular weight excluding hydrogens is 386 g/mol. The molecule has 1 aliphatic rings. The lowest BCUT2D eigenvalue weighted by molar-refractivity contribution is 0.0942. The number of piperidine rings is 1. The van der Waals surface area contributed by atoms with Crippen LogP contribution in [0.2, 0.25) is 5.02 Å². The van der Waals surface area contributed by atoms with Crippen molar-refractivity contribution in [2.45, 2.75) is 31.2 Å². The van der Waals surface area contributed by atoms with E-state index < -0.39 is 10.0 Å². The van der Waals surface area contributed by atoms with Gasteiger partial charge in [-0.2, -0.15) is 4.31 Å². The van der Waals surface area contributed by atoms with Gasteiger partial charge in [-0.25, -0.2) is 8.42 Å². The molecule has 0 aliphatic carbocycles. The Balaban J connectivity index is 1.71. The van der Waals surface area contributed by atoms with Gasteiger partial charge in [-0.1, -0.05) is 30.7 Å². The van der Waals surface area contributed by atoms with Gasteiger partial charge in [-0.05, 0) is 42.5 Å². The molecule has 3 rings (SSSR count). The summed E-state index contributed by atoms with van der Waals surface area (Å²) < 4.78 is 28.8. The second kappa shape index (κ2) is 8.04. The molecule has 1 saturated heterocycles. The molecule has 146 valence electrons. The molecule has 1 aliphatic heterocycles. The molecule has 1 aromatic carbocycles. The molecule has 0 bridgehead atoms. The molecule has 8 heteroatoms. The third kappa shape index (κ3) is 4.54. The first-order valence-corrected chi connectivity index (χ1v) is 10.8. The van der Waals surface area contributed by atoms with E-state index in [4.69, 9.17) is 11.6 Å². The number of nitrogens with one attached hydrogen (secondary N) is 1.